The molecule has 0 radical (unpaired) electrons. The fourth-order valence-corrected chi connectivity index (χ4v) is 4.21. The molecule has 2 aliphatic rings. The number of hydrogen-bond donors (Lipinski definition) is 3. The van der Waals surface area contributed by atoms with Gasteiger partial charge in [0.15, 0.2) is 17.7 Å². The Morgan fingerprint density at radius 1 is 1.17 bits per heavy atom. The molecule has 0 saturated carbocycles. The van der Waals surface area contributed by atoms with E-state index in [1.807, 2.05) is 18.2 Å². The SMILES string of the molecule is Cc1nc(CC2OCC(C3C=CC(N(C)c4ccccc4)=CC3)CO2)nc(C(=O)NCC(=O)O)c1O. The van der Waals surface area contributed by atoms with Crippen LogP contribution >= 0.6 is 0 Å². The van der Waals surface area contributed by atoms with Crippen LogP contribution < -0.4 is 10.2 Å². The monoisotopic (exact) mass is 494 g/mol. The number of nitrogens with one attached hydrogen (secondary N) is 1. The minimum atomic E-state index is -1.20. The Labute approximate surface area is 209 Å². The van der Waals surface area contributed by atoms with Crippen molar-refractivity contribution >= 4 is 17.6 Å². The highest BCUT2D eigenvalue weighted by Gasteiger charge is 2.29. The molecule has 1 aromatic carbocycles. The molecular weight excluding hydrogens is 464 g/mol. The molecule has 1 aliphatic carbocycles. The molecule has 2 heterocycles. The number of aliphatic carboxylic acids is 1. The Kier molecular flexibility index (Phi) is 7.97. The van der Waals surface area contributed by atoms with E-state index in [1.165, 1.54) is 0 Å². The summed E-state index contributed by atoms with van der Waals surface area (Å²) >= 11 is 0. The summed E-state index contributed by atoms with van der Waals surface area (Å²) in [6, 6.07) is 10.2. The van der Waals surface area contributed by atoms with Gasteiger partial charge in [0.2, 0.25) is 0 Å². The summed E-state index contributed by atoms with van der Waals surface area (Å²) in [5.74, 6) is -1.60. The lowest BCUT2D eigenvalue weighted by molar-refractivity contribution is -0.205. The minimum absolute atomic E-state index is 0.194. The van der Waals surface area contributed by atoms with Gasteiger partial charge >= 0.3 is 5.97 Å². The van der Waals surface area contributed by atoms with Gasteiger partial charge in [-0.1, -0.05) is 30.4 Å². The van der Waals surface area contributed by atoms with Crippen LogP contribution in [0.1, 0.15) is 28.4 Å². The quantitative estimate of drug-likeness (QED) is 0.506. The largest absolute Gasteiger partial charge is 0.504 e. The number of benzene rings is 1. The van der Waals surface area contributed by atoms with Gasteiger partial charge in [0.05, 0.1) is 25.3 Å². The number of nitrogens with zero attached hydrogens (tertiary/aromatic N) is 3. The van der Waals surface area contributed by atoms with Crippen LogP contribution in [0.4, 0.5) is 5.69 Å². The average molecular weight is 495 g/mol. The van der Waals surface area contributed by atoms with Crippen molar-refractivity contribution in [2.75, 3.05) is 31.7 Å². The number of aromatic nitrogens is 2. The number of carboxylic acid groups (broad SMARTS) is 1. The van der Waals surface area contributed by atoms with Crippen LogP contribution in [-0.4, -0.2) is 65.2 Å². The summed E-state index contributed by atoms with van der Waals surface area (Å²) in [6.07, 6.45) is 7.08. The predicted octanol–water partition coefficient (Wildman–Crippen LogP) is 2.43. The molecule has 0 bridgehead atoms. The fraction of sp³-hybridized carbons (Fsp3) is 0.385. The maximum Gasteiger partial charge on any atom is 0.322 e. The number of hydrogen-bond acceptors (Lipinski definition) is 8. The normalized spacial score (nSPS) is 21.5. The Balaban J connectivity index is 1.31. The first-order valence-corrected chi connectivity index (χ1v) is 11.8. The number of likely N-dealkylation sites (N-methyl/N-ethyl adjacent to an activating group) is 1. The number of para-hydroxylation sites is 1. The molecule has 1 unspecified atom stereocenters. The molecule has 1 atom stereocenters. The molecule has 1 aromatic heterocycles. The fourth-order valence-electron chi connectivity index (χ4n) is 4.21. The van der Waals surface area contributed by atoms with Crippen LogP contribution in [0.15, 0.2) is 54.3 Å². The van der Waals surface area contributed by atoms with Gasteiger partial charge in [-0.15, -0.1) is 0 Å². The Morgan fingerprint density at radius 2 is 1.89 bits per heavy atom. The van der Waals surface area contributed by atoms with E-state index in [4.69, 9.17) is 14.6 Å². The van der Waals surface area contributed by atoms with Crippen molar-refractivity contribution in [3.05, 3.63) is 71.5 Å². The second kappa shape index (κ2) is 11.3. The number of carbonyl (C=O) groups is 2. The number of ether oxygens (including phenoxy) is 2. The standard InChI is InChI=1S/C26H30N4O6/c1-16-25(33)24(26(34)27-13-22(31)32)29-21(28-16)12-23-35-14-18(15-36-23)17-8-10-20(11-9-17)30(2)19-6-4-3-5-7-19/h3-8,10-11,17-18,23,33H,9,12-15H2,1-2H3,(H,27,34)(H,31,32). The third-order valence-electron chi connectivity index (χ3n) is 6.31. The number of amides is 1. The summed E-state index contributed by atoms with van der Waals surface area (Å²) in [4.78, 5) is 33.4. The van der Waals surface area contributed by atoms with E-state index >= 15 is 0 Å². The zero-order valence-electron chi connectivity index (χ0n) is 20.3. The molecule has 1 amide bonds. The van der Waals surface area contributed by atoms with Gasteiger partial charge in [-0.2, -0.15) is 0 Å². The number of aromatic hydroxyl groups is 1. The van der Waals surface area contributed by atoms with Crippen molar-refractivity contribution < 1.29 is 29.3 Å². The van der Waals surface area contributed by atoms with Gasteiger partial charge in [-0.3, -0.25) is 9.59 Å². The van der Waals surface area contributed by atoms with E-state index in [9.17, 15) is 14.7 Å². The molecule has 1 saturated heterocycles. The van der Waals surface area contributed by atoms with E-state index < -0.39 is 24.7 Å². The highest BCUT2D eigenvalue weighted by Crippen LogP contribution is 2.30. The Morgan fingerprint density at radius 3 is 2.53 bits per heavy atom. The summed E-state index contributed by atoms with van der Waals surface area (Å²) in [7, 11) is 2.05. The van der Waals surface area contributed by atoms with Crippen LogP contribution in [0.5, 0.6) is 5.75 Å². The number of allylic oxidation sites excluding steroid dienone is 3. The molecule has 4 rings (SSSR count). The summed E-state index contributed by atoms with van der Waals surface area (Å²) in [6.45, 7) is 1.99. The lowest BCUT2D eigenvalue weighted by Crippen LogP contribution is -2.37. The average Bonchev–Trinajstić information content (AvgIpc) is 2.90. The Bertz CT molecular complexity index is 1160. The lowest BCUT2D eigenvalue weighted by atomic mass is 9.86. The van der Waals surface area contributed by atoms with Crippen molar-refractivity contribution in [1.82, 2.24) is 15.3 Å². The number of anilines is 1. The van der Waals surface area contributed by atoms with Crippen molar-refractivity contribution in [2.24, 2.45) is 11.8 Å². The number of carbonyl (C=O) groups excluding carboxylic acids is 1. The molecule has 190 valence electrons. The van der Waals surface area contributed by atoms with Gasteiger partial charge in [0.1, 0.15) is 12.4 Å². The zero-order valence-corrected chi connectivity index (χ0v) is 20.3. The van der Waals surface area contributed by atoms with Crippen LogP contribution in [-0.2, 0) is 20.7 Å². The molecule has 3 N–H and O–H groups in total. The van der Waals surface area contributed by atoms with Crippen LogP contribution in [0.3, 0.4) is 0 Å². The molecule has 10 nitrogen and oxygen atoms in total. The molecule has 0 spiro atoms. The molecule has 1 aliphatic heterocycles. The maximum absolute atomic E-state index is 12.2. The topological polar surface area (TPSA) is 134 Å². The second-order valence-corrected chi connectivity index (χ2v) is 8.84. The van der Waals surface area contributed by atoms with Crippen LogP contribution in [0.25, 0.3) is 0 Å². The Hall–Kier alpha value is -3.76. The summed E-state index contributed by atoms with van der Waals surface area (Å²) in [5, 5.41) is 21.1. The second-order valence-electron chi connectivity index (χ2n) is 8.84. The summed E-state index contributed by atoms with van der Waals surface area (Å²) < 4.78 is 11.9. The van der Waals surface area contributed by atoms with Gasteiger partial charge < -0.3 is 29.9 Å². The van der Waals surface area contributed by atoms with Gasteiger partial charge in [0, 0.05) is 24.4 Å². The molecular formula is C26H30N4O6. The van der Waals surface area contributed by atoms with Crippen molar-refractivity contribution in [2.45, 2.75) is 26.1 Å². The smallest absolute Gasteiger partial charge is 0.322 e. The first-order valence-electron chi connectivity index (χ1n) is 11.8. The summed E-state index contributed by atoms with van der Waals surface area (Å²) in [5.41, 5.74) is 2.22. The van der Waals surface area contributed by atoms with Gasteiger partial charge in [-0.05, 0) is 37.5 Å². The van der Waals surface area contributed by atoms with Gasteiger partial charge in [0.25, 0.3) is 5.91 Å². The highest BCUT2D eigenvalue weighted by atomic mass is 16.7. The minimum Gasteiger partial charge on any atom is -0.504 e. The number of carboxylic acids is 1. The van der Waals surface area contributed by atoms with E-state index in [1.54, 1.807) is 6.92 Å². The number of rotatable bonds is 8. The van der Waals surface area contributed by atoms with Crippen LogP contribution in [0, 0.1) is 18.8 Å². The first-order chi connectivity index (χ1) is 17.3. The third kappa shape index (κ3) is 6.07. The lowest BCUT2D eigenvalue weighted by Gasteiger charge is -2.34. The molecule has 1 fully saturated rings. The van der Waals surface area contributed by atoms with Crippen molar-refractivity contribution in [1.29, 1.82) is 0 Å². The third-order valence-corrected chi connectivity index (χ3v) is 6.31. The number of aryl methyl sites for hydroxylation is 1. The van der Waals surface area contributed by atoms with E-state index in [2.05, 4.69) is 57.6 Å². The van der Waals surface area contributed by atoms with Crippen molar-refractivity contribution in [3.8, 4) is 5.75 Å². The van der Waals surface area contributed by atoms with E-state index in [0.717, 1.165) is 17.8 Å². The first kappa shape index (κ1) is 25.3. The van der Waals surface area contributed by atoms with E-state index in [-0.39, 0.29) is 35.3 Å². The molecule has 10 heteroatoms. The molecule has 2 aromatic rings. The maximum atomic E-state index is 12.2. The molecule has 36 heavy (non-hydrogen) atoms. The zero-order chi connectivity index (χ0) is 25.7. The van der Waals surface area contributed by atoms with E-state index in [0.29, 0.717) is 19.1 Å². The van der Waals surface area contributed by atoms with Crippen molar-refractivity contribution in [3.63, 3.8) is 0 Å². The highest BCUT2D eigenvalue weighted by molar-refractivity contribution is 5.96. The van der Waals surface area contributed by atoms with Gasteiger partial charge in [-0.25, -0.2) is 9.97 Å². The predicted molar refractivity (Wildman–Crippen MR) is 131 cm³/mol. The van der Waals surface area contributed by atoms with Crippen LogP contribution in [0.2, 0.25) is 0 Å².